The van der Waals surface area contributed by atoms with Gasteiger partial charge in [-0.25, -0.2) is 9.97 Å². The van der Waals surface area contributed by atoms with Gasteiger partial charge in [-0.15, -0.1) is 0 Å². The summed E-state index contributed by atoms with van der Waals surface area (Å²) in [7, 11) is 2.25. The quantitative estimate of drug-likeness (QED) is 0.838. The van der Waals surface area contributed by atoms with Gasteiger partial charge in [-0.3, -0.25) is 4.90 Å². The van der Waals surface area contributed by atoms with Crippen molar-refractivity contribution in [2.75, 3.05) is 25.5 Å². The highest BCUT2D eigenvalue weighted by Gasteiger charge is 2.35. The van der Waals surface area contributed by atoms with Gasteiger partial charge in [0.15, 0.2) is 0 Å². The minimum Gasteiger partial charge on any atom is -0.393 e. The molecule has 0 aromatic carbocycles. The Morgan fingerprint density at radius 1 is 1.25 bits per heavy atom. The summed E-state index contributed by atoms with van der Waals surface area (Å²) in [5.74, 6) is 2.15. The van der Waals surface area contributed by atoms with Crippen LogP contribution in [0.2, 0.25) is 0 Å². The maximum Gasteiger partial charge on any atom is 0.129 e. The SMILES string of the molecule is CCN(C)C1(CNc2cc(C3CC(O)C3)nc(C)n2)CCCCC1. The van der Waals surface area contributed by atoms with E-state index in [1.165, 1.54) is 32.1 Å². The van der Waals surface area contributed by atoms with Crippen LogP contribution in [0.3, 0.4) is 0 Å². The Morgan fingerprint density at radius 2 is 1.96 bits per heavy atom. The van der Waals surface area contributed by atoms with E-state index >= 15 is 0 Å². The molecule has 0 spiro atoms. The molecule has 0 saturated heterocycles. The van der Waals surface area contributed by atoms with E-state index in [9.17, 15) is 5.11 Å². The maximum atomic E-state index is 9.55. The smallest absolute Gasteiger partial charge is 0.129 e. The molecule has 134 valence electrons. The Morgan fingerprint density at radius 3 is 2.58 bits per heavy atom. The molecular weight excluding hydrogens is 300 g/mol. The number of hydrogen-bond donors (Lipinski definition) is 2. The lowest BCUT2D eigenvalue weighted by molar-refractivity contribution is 0.0731. The number of likely N-dealkylation sites (N-methyl/N-ethyl adjacent to an activating group) is 1. The lowest BCUT2D eigenvalue weighted by Gasteiger charge is -2.44. The largest absolute Gasteiger partial charge is 0.393 e. The second-order valence-electron chi connectivity index (χ2n) is 7.70. The molecule has 2 saturated carbocycles. The summed E-state index contributed by atoms with van der Waals surface area (Å²) in [4.78, 5) is 11.7. The third-order valence-corrected chi connectivity index (χ3v) is 6.06. The van der Waals surface area contributed by atoms with Crippen molar-refractivity contribution in [2.45, 2.75) is 76.4 Å². The first-order valence-electron chi connectivity index (χ1n) is 9.51. The van der Waals surface area contributed by atoms with Crippen LogP contribution in [0.5, 0.6) is 0 Å². The molecule has 1 aromatic rings. The molecule has 2 fully saturated rings. The van der Waals surface area contributed by atoms with Gasteiger partial charge in [0.25, 0.3) is 0 Å². The van der Waals surface area contributed by atoms with Crippen LogP contribution in [-0.2, 0) is 0 Å². The zero-order valence-electron chi connectivity index (χ0n) is 15.4. The van der Waals surface area contributed by atoms with Crippen molar-refractivity contribution in [3.8, 4) is 0 Å². The summed E-state index contributed by atoms with van der Waals surface area (Å²) in [6.45, 7) is 6.22. The fraction of sp³-hybridized carbons (Fsp3) is 0.789. The van der Waals surface area contributed by atoms with Gasteiger partial charge in [0, 0.05) is 29.8 Å². The fourth-order valence-electron chi connectivity index (χ4n) is 4.21. The van der Waals surface area contributed by atoms with E-state index in [1.54, 1.807) is 0 Å². The van der Waals surface area contributed by atoms with Gasteiger partial charge in [0.1, 0.15) is 11.6 Å². The van der Waals surface area contributed by atoms with Gasteiger partial charge < -0.3 is 10.4 Å². The molecule has 2 aliphatic rings. The van der Waals surface area contributed by atoms with E-state index in [4.69, 9.17) is 0 Å². The number of hydrogen-bond acceptors (Lipinski definition) is 5. The molecular formula is C19H32N4O. The molecule has 1 aromatic heterocycles. The third-order valence-electron chi connectivity index (χ3n) is 6.06. The number of aliphatic hydroxyl groups is 1. The molecule has 0 unspecified atom stereocenters. The Bertz CT molecular complexity index is 550. The van der Waals surface area contributed by atoms with Crippen LogP contribution >= 0.6 is 0 Å². The van der Waals surface area contributed by atoms with E-state index in [1.807, 2.05) is 6.92 Å². The molecule has 2 N–H and O–H groups in total. The van der Waals surface area contributed by atoms with Crippen LogP contribution in [0.4, 0.5) is 5.82 Å². The second kappa shape index (κ2) is 7.36. The first-order valence-corrected chi connectivity index (χ1v) is 9.51. The van der Waals surface area contributed by atoms with Crippen molar-refractivity contribution < 1.29 is 5.11 Å². The lowest BCUT2D eigenvalue weighted by atomic mass is 9.79. The van der Waals surface area contributed by atoms with Crippen LogP contribution in [0, 0.1) is 6.92 Å². The number of rotatable bonds is 6. The predicted molar refractivity (Wildman–Crippen MR) is 97.4 cm³/mol. The van der Waals surface area contributed by atoms with Crippen molar-refractivity contribution in [3.63, 3.8) is 0 Å². The Hall–Kier alpha value is -1.20. The number of nitrogens with one attached hydrogen (secondary N) is 1. The van der Waals surface area contributed by atoms with Crippen LogP contribution in [0.25, 0.3) is 0 Å². The summed E-state index contributed by atoms with van der Waals surface area (Å²) >= 11 is 0. The molecule has 0 aliphatic heterocycles. The highest BCUT2D eigenvalue weighted by molar-refractivity contribution is 5.38. The molecule has 2 aliphatic carbocycles. The minimum absolute atomic E-state index is 0.148. The molecule has 0 bridgehead atoms. The van der Waals surface area contributed by atoms with Crippen LogP contribution in [-0.4, -0.2) is 51.8 Å². The molecule has 24 heavy (non-hydrogen) atoms. The van der Waals surface area contributed by atoms with E-state index < -0.39 is 0 Å². The van der Waals surface area contributed by atoms with Crippen molar-refractivity contribution in [2.24, 2.45) is 0 Å². The number of anilines is 1. The lowest BCUT2D eigenvalue weighted by Crippen LogP contribution is -2.52. The van der Waals surface area contributed by atoms with Crippen LogP contribution in [0.1, 0.15) is 69.3 Å². The van der Waals surface area contributed by atoms with Crippen molar-refractivity contribution in [1.29, 1.82) is 0 Å². The van der Waals surface area contributed by atoms with Crippen molar-refractivity contribution in [3.05, 3.63) is 17.6 Å². The highest BCUT2D eigenvalue weighted by atomic mass is 16.3. The van der Waals surface area contributed by atoms with Gasteiger partial charge in [-0.05, 0) is 46.2 Å². The van der Waals surface area contributed by atoms with E-state index in [0.717, 1.165) is 43.3 Å². The van der Waals surface area contributed by atoms with Gasteiger partial charge in [-0.2, -0.15) is 0 Å². The fourth-order valence-corrected chi connectivity index (χ4v) is 4.21. The molecule has 0 amide bonds. The van der Waals surface area contributed by atoms with E-state index in [-0.39, 0.29) is 11.6 Å². The molecule has 5 heteroatoms. The summed E-state index contributed by atoms with van der Waals surface area (Å²) in [6, 6.07) is 2.09. The molecule has 0 atom stereocenters. The topological polar surface area (TPSA) is 61.3 Å². The molecule has 1 heterocycles. The predicted octanol–water partition coefficient (Wildman–Crippen LogP) is 3.09. The van der Waals surface area contributed by atoms with Gasteiger partial charge >= 0.3 is 0 Å². The van der Waals surface area contributed by atoms with Crippen LogP contribution in [0.15, 0.2) is 6.07 Å². The van der Waals surface area contributed by atoms with E-state index in [2.05, 4.69) is 40.2 Å². The maximum absolute atomic E-state index is 9.55. The standard InChI is InChI=1S/C19H32N4O/c1-4-23(3)19(8-6-5-7-9-19)13-20-18-12-17(21-14(2)22-18)15-10-16(24)11-15/h12,15-16,24H,4-11,13H2,1-3H3,(H,20,21,22). The summed E-state index contributed by atoms with van der Waals surface area (Å²) < 4.78 is 0. The monoisotopic (exact) mass is 332 g/mol. The third kappa shape index (κ3) is 3.72. The first-order chi connectivity index (χ1) is 11.5. The zero-order valence-corrected chi connectivity index (χ0v) is 15.4. The average Bonchev–Trinajstić information content (AvgIpc) is 2.57. The molecule has 3 rings (SSSR count). The number of nitrogens with zero attached hydrogens (tertiary/aromatic N) is 3. The number of aryl methyl sites for hydroxylation is 1. The molecule has 5 nitrogen and oxygen atoms in total. The molecule has 0 radical (unpaired) electrons. The van der Waals surface area contributed by atoms with Gasteiger partial charge in [-0.1, -0.05) is 26.2 Å². The van der Waals surface area contributed by atoms with Gasteiger partial charge in [0.05, 0.1) is 6.10 Å². The Labute approximate surface area is 145 Å². The highest BCUT2D eigenvalue weighted by Crippen LogP contribution is 2.37. The summed E-state index contributed by atoms with van der Waals surface area (Å²) in [5.41, 5.74) is 1.33. The number of aliphatic hydroxyl groups excluding tert-OH is 1. The zero-order chi connectivity index (χ0) is 17.2. The average molecular weight is 332 g/mol. The summed E-state index contributed by atoms with van der Waals surface area (Å²) in [5, 5.41) is 13.2. The van der Waals surface area contributed by atoms with Crippen molar-refractivity contribution >= 4 is 5.82 Å². The second-order valence-corrected chi connectivity index (χ2v) is 7.70. The van der Waals surface area contributed by atoms with E-state index in [0.29, 0.717) is 5.92 Å². The van der Waals surface area contributed by atoms with Crippen LogP contribution < -0.4 is 5.32 Å². The normalized spacial score (nSPS) is 26.2. The Kier molecular flexibility index (Phi) is 5.40. The number of aromatic nitrogens is 2. The minimum atomic E-state index is -0.148. The van der Waals surface area contributed by atoms with Crippen molar-refractivity contribution in [1.82, 2.24) is 14.9 Å². The van der Waals surface area contributed by atoms with Gasteiger partial charge in [0.2, 0.25) is 0 Å². The Balaban J connectivity index is 1.70. The summed E-state index contributed by atoms with van der Waals surface area (Å²) in [6.07, 6.45) is 8.04. The first kappa shape index (κ1) is 17.6.